The number of carbonyl (C=O) groups excluding carboxylic acids is 13. The summed E-state index contributed by atoms with van der Waals surface area (Å²) in [6.07, 6.45) is -0.783. The Morgan fingerprint density at radius 1 is 0.386 bits per heavy atom. The number of phenols is 1. The molecule has 13 amide bonds. The highest BCUT2D eigenvalue weighted by atomic mass is 16.4. The van der Waals surface area contributed by atoms with Gasteiger partial charge in [0.1, 0.15) is 60.1 Å². The first kappa shape index (κ1) is 95.4. The van der Waals surface area contributed by atoms with Gasteiger partial charge in [0.25, 0.3) is 0 Å². The highest BCUT2D eigenvalue weighted by Gasteiger charge is 2.44. The van der Waals surface area contributed by atoms with Crippen LogP contribution in [0.3, 0.4) is 0 Å². The Bertz CT molecular complexity index is 3540. The van der Waals surface area contributed by atoms with E-state index in [1.807, 2.05) is 0 Å². The molecule has 48 nitrogen and oxygen atoms in total. The standard InChI is InChI=1S/C66H114N32O16/c67-37(31-35-17-19-36(99)20-18-35)51(104)88-34-50(103)90-38(9-1-23-81-61(69)70)52(105)89-32-48(101)87-33-49(102)91-39(10-2-24-82-62(71)72)53(106)92-41(12-4-26-84-64(75)76)55(108)95-43(21-22-47(68)100)57(110)94-40(11-3-25-83-63(73)74)54(107)93-42(13-5-27-85-65(77)78)56(109)96-44(14-6-28-86-66(79)80)58(111)97-29-7-15-45(97)59(112)98-30-8-16-46(98)60(113)114/h17-20,37-46,99H,1-16,21-34,67H2,(H2,68,100)(H,87,101)(H,88,104)(H,89,105)(H,90,103)(H,91,102)(H,92,106)(H,93,107)(H,94,110)(H,95,108)(H,96,109)(H,113,114)(H4,69,70,81)(H4,71,72,82)(H4,73,74,83)(H4,75,76,84)(H4,77,78,85)(H4,79,80,86)/t37-,38-,39-,40-,41-,42-,43-,44-,45-,46-/m0/s1. The van der Waals surface area contributed by atoms with Crippen LogP contribution in [0.15, 0.2) is 24.3 Å². The van der Waals surface area contributed by atoms with E-state index in [2.05, 4.69) is 85.1 Å². The van der Waals surface area contributed by atoms with E-state index in [1.54, 1.807) is 12.1 Å². The first-order valence-corrected chi connectivity index (χ1v) is 37.0. The van der Waals surface area contributed by atoms with Crippen molar-refractivity contribution in [3.8, 4) is 5.75 Å². The van der Waals surface area contributed by atoms with Crippen molar-refractivity contribution in [2.45, 2.75) is 182 Å². The molecule has 40 N–H and O–H groups in total. The van der Waals surface area contributed by atoms with Crippen molar-refractivity contribution in [2.24, 2.45) is 45.9 Å². The van der Waals surface area contributed by atoms with Gasteiger partial charge in [0, 0.05) is 58.8 Å². The first-order chi connectivity index (χ1) is 54.0. The lowest BCUT2D eigenvalue weighted by molar-refractivity contribution is -0.152. The quantitative estimate of drug-likeness (QED) is 0.0164. The molecule has 114 heavy (non-hydrogen) atoms. The predicted molar refractivity (Wildman–Crippen MR) is 413 cm³/mol. The zero-order chi connectivity index (χ0) is 85.0. The van der Waals surface area contributed by atoms with E-state index in [9.17, 15) is 77.3 Å². The maximum Gasteiger partial charge on any atom is 0.326 e. The molecular formula is C66H114N32O16. The molecule has 2 aliphatic heterocycles. The monoisotopic (exact) mass is 1610 g/mol. The van der Waals surface area contributed by atoms with Crippen LogP contribution in [0.1, 0.15) is 121 Å². The topological polar surface area (TPSA) is 830 Å². The van der Waals surface area contributed by atoms with Gasteiger partial charge >= 0.3 is 5.97 Å². The van der Waals surface area contributed by atoms with Gasteiger partial charge in [0.2, 0.25) is 76.8 Å². The van der Waals surface area contributed by atoms with Crippen LogP contribution in [0.2, 0.25) is 0 Å². The second-order valence-electron chi connectivity index (χ2n) is 26.9. The van der Waals surface area contributed by atoms with Gasteiger partial charge in [-0.25, -0.2) is 4.79 Å². The molecule has 0 radical (unpaired) electrons. The summed E-state index contributed by atoms with van der Waals surface area (Å²) in [4.78, 5) is 195. The summed E-state index contributed by atoms with van der Waals surface area (Å²) in [5.74, 6) is -15.6. The number of amides is 13. The summed E-state index contributed by atoms with van der Waals surface area (Å²) < 4.78 is 0. The number of aliphatic carboxylic acids is 1. The van der Waals surface area contributed by atoms with Gasteiger partial charge < -0.3 is 151 Å². The summed E-state index contributed by atoms with van der Waals surface area (Å²) in [6, 6.07) is -8.19. The SMILES string of the molecule is N=C(N)NCCC[C@H](NC(=O)CNC(=O)[C@@H](N)Cc1ccc(O)cc1)C(=O)NCC(=O)NCC(=O)N[C@@H](CCCNC(=N)N)C(=O)N[C@@H](CCCNC(=N)N)C(=O)N[C@@H](CCC(N)=O)C(=O)N[C@@H](CCCNC(=N)N)C(=O)N[C@@H](CCCNC(=N)N)C(=O)N[C@@H](CCCNC(=N)N)C(=O)N1CCC[C@H]1C(=O)N1CCC[C@H]1C(=O)O. The Labute approximate surface area is 656 Å². The van der Waals surface area contributed by atoms with Gasteiger partial charge in [-0.2, -0.15) is 0 Å². The lowest BCUT2D eigenvalue weighted by atomic mass is 10.0. The number of carboxylic acid groups (broad SMARTS) is 1. The smallest absolute Gasteiger partial charge is 0.326 e. The molecule has 10 atom stereocenters. The number of aromatic hydroxyl groups is 1. The van der Waals surface area contributed by atoms with Crippen LogP contribution >= 0.6 is 0 Å². The molecule has 0 aliphatic carbocycles. The summed E-state index contributed by atoms with van der Waals surface area (Å²) in [5.41, 5.74) is 45.1. The number of guanidine groups is 6. The van der Waals surface area contributed by atoms with E-state index in [0.717, 1.165) is 0 Å². The molecule has 2 fully saturated rings. The van der Waals surface area contributed by atoms with Crippen molar-refractivity contribution in [3.63, 3.8) is 0 Å². The van der Waals surface area contributed by atoms with E-state index in [1.165, 1.54) is 21.9 Å². The molecule has 2 heterocycles. The van der Waals surface area contributed by atoms with Crippen LogP contribution in [-0.2, 0) is 73.5 Å². The lowest BCUT2D eigenvalue weighted by Crippen LogP contribution is -2.60. The minimum absolute atomic E-state index is 0.000835. The van der Waals surface area contributed by atoms with Gasteiger partial charge in [0.05, 0.1) is 25.7 Å². The van der Waals surface area contributed by atoms with Crippen molar-refractivity contribution in [1.29, 1.82) is 32.5 Å². The maximum atomic E-state index is 14.8. The van der Waals surface area contributed by atoms with Gasteiger partial charge in [-0.05, 0) is 133 Å². The van der Waals surface area contributed by atoms with E-state index < -0.39 is 205 Å². The number of carboxylic acids is 1. The number of hydrogen-bond acceptors (Lipinski definition) is 22. The zero-order valence-electron chi connectivity index (χ0n) is 63.4. The van der Waals surface area contributed by atoms with Crippen molar-refractivity contribution in [2.75, 3.05) is 72.0 Å². The second kappa shape index (κ2) is 50.9. The number of nitrogens with two attached hydrogens (primary N) is 8. The molecule has 1 aromatic rings. The molecule has 0 saturated carbocycles. The van der Waals surface area contributed by atoms with Crippen LogP contribution in [0, 0.1) is 32.5 Å². The fourth-order valence-corrected chi connectivity index (χ4v) is 12.0. The summed E-state index contributed by atoms with van der Waals surface area (Å²) in [5, 5.41) is 105. The number of carbonyl (C=O) groups is 14. The second-order valence-corrected chi connectivity index (χ2v) is 26.9. The zero-order valence-corrected chi connectivity index (χ0v) is 63.4. The molecule has 2 saturated heterocycles. The molecule has 48 heteroatoms. The van der Waals surface area contributed by atoms with Crippen LogP contribution < -0.4 is 131 Å². The summed E-state index contributed by atoms with van der Waals surface area (Å²) in [7, 11) is 0. The average molecular weight is 1610 g/mol. The molecule has 0 spiro atoms. The minimum Gasteiger partial charge on any atom is -0.508 e. The van der Waals surface area contributed by atoms with Crippen molar-refractivity contribution >= 4 is 119 Å². The largest absolute Gasteiger partial charge is 0.508 e. The third kappa shape index (κ3) is 37.7. The molecule has 0 aromatic heterocycles. The number of nitrogens with one attached hydrogen (secondary N) is 22. The molecule has 634 valence electrons. The van der Waals surface area contributed by atoms with Crippen LogP contribution in [0.4, 0.5) is 0 Å². The molecule has 1 aromatic carbocycles. The van der Waals surface area contributed by atoms with E-state index >= 15 is 0 Å². The Kier molecular flexibility index (Phi) is 42.6. The highest BCUT2D eigenvalue weighted by Crippen LogP contribution is 2.26. The summed E-state index contributed by atoms with van der Waals surface area (Å²) >= 11 is 0. The van der Waals surface area contributed by atoms with E-state index in [4.69, 9.17) is 78.3 Å². The van der Waals surface area contributed by atoms with Crippen molar-refractivity contribution < 1.29 is 77.3 Å². The van der Waals surface area contributed by atoms with Crippen LogP contribution in [-0.4, -0.2) is 271 Å². The third-order valence-electron chi connectivity index (χ3n) is 17.7. The molecular weight excluding hydrogens is 1500 g/mol. The maximum absolute atomic E-state index is 14.8. The number of rotatable bonds is 52. The Balaban J connectivity index is 1.92. The fraction of sp³-hybridized carbons (Fsp3) is 0.606. The minimum atomic E-state index is -1.76. The van der Waals surface area contributed by atoms with Crippen molar-refractivity contribution in [1.82, 2.24) is 94.9 Å². The summed E-state index contributed by atoms with van der Waals surface area (Å²) in [6.45, 7) is -2.01. The van der Waals surface area contributed by atoms with Crippen molar-refractivity contribution in [3.05, 3.63) is 29.8 Å². The molecule has 2 aliphatic rings. The van der Waals surface area contributed by atoms with Gasteiger partial charge in [-0.15, -0.1) is 0 Å². The normalized spacial score (nSPS) is 15.5. The number of hydrogen-bond donors (Lipinski definition) is 32. The predicted octanol–water partition coefficient (Wildman–Crippen LogP) is -11.1. The fourth-order valence-electron chi connectivity index (χ4n) is 12.0. The molecule has 0 bridgehead atoms. The first-order valence-electron chi connectivity index (χ1n) is 37.0. The average Bonchev–Trinajstić information content (AvgIpc) is 1.62. The van der Waals surface area contributed by atoms with Crippen LogP contribution in [0.5, 0.6) is 5.75 Å². The van der Waals surface area contributed by atoms with Crippen LogP contribution in [0.25, 0.3) is 0 Å². The number of phenolic OH excluding ortho intramolecular Hbond substituents is 1. The Hall–Kier alpha value is -12.8. The number of benzene rings is 1. The number of primary amides is 1. The number of nitrogens with zero attached hydrogens (tertiary/aromatic N) is 2. The van der Waals surface area contributed by atoms with E-state index in [-0.39, 0.29) is 160 Å². The van der Waals surface area contributed by atoms with E-state index in [0.29, 0.717) is 18.4 Å². The highest BCUT2D eigenvalue weighted by molar-refractivity contribution is 5.99. The van der Waals surface area contributed by atoms with Gasteiger partial charge in [-0.3, -0.25) is 94.8 Å². The number of likely N-dealkylation sites (tertiary alicyclic amines) is 2. The van der Waals surface area contributed by atoms with Gasteiger partial charge in [-0.1, -0.05) is 12.1 Å². The van der Waals surface area contributed by atoms with Gasteiger partial charge in [0.15, 0.2) is 35.8 Å². The molecule has 3 rings (SSSR count). The lowest BCUT2D eigenvalue weighted by Gasteiger charge is -2.33. The third-order valence-corrected chi connectivity index (χ3v) is 17.7. The Morgan fingerprint density at radius 2 is 0.702 bits per heavy atom. The Morgan fingerprint density at radius 3 is 1.08 bits per heavy atom. The molecule has 0 unspecified atom stereocenters.